The molecule has 0 radical (unpaired) electrons. The fourth-order valence-corrected chi connectivity index (χ4v) is 1.67. The normalized spacial score (nSPS) is 21.0. The molecule has 1 N–H and O–H groups in total. The molecule has 16 heavy (non-hydrogen) atoms. The van der Waals surface area contributed by atoms with Gasteiger partial charge in [0.25, 0.3) is 0 Å². The number of hydrogen-bond acceptors (Lipinski definition) is 3. The van der Waals surface area contributed by atoms with Crippen molar-refractivity contribution >= 4 is 0 Å². The minimum Gasteiger partial charge on any atom is -0.381 e. The quantitative estimate of drug-likeness (QED) is 0.746. The van der Waals surface area contributed by atoms with Gasteiger partial charge in [0.2, 0.25) is 0 Å². The van der Waals surface area contributed by atoms with Crippen molar-refractivity contribution in [1.82, 2.24) is 5.32 Å². The first-order valence-electron chi connectivity index (χ1n) is 5.40. The zero-order chi connectivity index (χ0) is 12.1. The van der Waals surface area contributed by atoms with Crippen LogP contribution in [0.5, 0.6) is 0 Å². The van der Waals surface area contributed by atoms with E-state index < -0.39 is 6.36 Å². The molecule has 0 aromatic carbocycles. The monoisotopic (exact) mass is 241 g/mol. The fourth-order valence-electron chi connectivity index (χ4n) is 1.67. The maximum absolute atomic E-state index is 11.6. The van der Waals surface area contributed by atoms with Crippen LogP contribution < -0.4 is 5.32 Å². The van der Waals surface area contributed by atoms with Crippen molar-refractivity contribution in [2.24, 2.45) is 5.41 Å². The molecule has 1 aliphatic rings. The van der Waals surface area contributed by atoms with Crippen molar-refractivity contribution in [2.45, 2.75) is 26.1 Å². The molecule has 1 saturated heterocycles. The van der Waals surface area contributed by atoms with E-state index in [4.69, 9.17) is 4.74 Å². The van der Waals surface area contributed by atoms with Crippen LogP contribution in [0.15, 0.2) is 0 Å². The molecule has 6 heteroatoms. The molecule has 1 rings (SSSR count). The lowest BCUT2D eigenvalue weighted by Crippen LogP contribution is -2.38. The Labute approximate surface area is 93.3 Å². The Kier molecular flexibility index (Phi) is 5.01. The van der Waals surface area contributed by atoms with Crippen molar-refractivity contribution in [1.29, 1.82) is 0 Å². The first kappa shape index (κ1) is 13.7. The largest absolute Gasteiger partial charge is 0.522 e. The minimum absolute atomic E-state index is 0.135. The number of hydrogen-bond donors (Lipinski definition) is 1. The summed E-state index contributed by atoms with van der Waals surface area (Å²) in [6.45, 7) is 4.17. The van der Waals surface area contributed by atoms with Crippen LogP contribution in [0.1, 0.15) is 19.8 Å². The molecule has 0 amide bonds. The second-order valence-electron chi connectivity index (χ2n) is 4.39. The lowest BCUT2D eigenvalue weighted by molar-refractivity contribution is -0.323. The second-order valence-corrected chi connectivity index (χ2v) is 4.39. The molecule has 1 aliphatic heterocycles. The van der Waals surface area contributed by atoms with Crippen LogP contribution in [-0.2, 0) is 9.47 Å². The number of ether oxygens (including phenoxy) is 2. The molecule has 1 heterocycles. The maximum atomic E-state index is 11.6. The standard InChI is InChI=1S/C10H18F3NO2/c1-9(2-5-15-6-3-9)8-14-4-7-16-10(11,12)13/h14H,2-8H2,1H3. The highest BCUT2D eigenvalue weighted by Crippen LogP contribution is 2.28. The Morgan fingerprint density at radius 2 is 1.94 bits per heavy atom. The third kappa shape index (κ3) is 5.67. The van der Waals surface area contributed by atoms with E-state index in [1.165, 1.54) is 0 Å². The van der Waals surface area contributed by atoms with Gasteiger partial charge in [-0.1, -0.05) is 6.92 Å². The van der Waals surface area contributed by atoms with E-state index in [0.717, 1.165) is 26.1 Å². The van der Waals surface area contributed by atoms with Gasteiger partial charge in [-0.2, -0.15) is 0 Å². The lowest BCUT2D eigenvalue weighted by Gasteiger charge is -2.33. The molecule has 0 saturated carbocycles. The maximum Gasteiger partial charge on any atom is 0.522 e. The van der Waals surface area contributed by atoms with Crippen molar-refractivity contribution < 1.29 is 22.6 Å². The van der Waals surface area contributed by atoms with E-state index in [1.54, 1.807) is 0 Å². The number of halogens is 3. The zero-order valence-corrected chi connectivity index (χ0v) is 9.40. The Bertz CT molecular complexity index is 203. The van der Waals surface area contributed by atoms with Crippen LogP contribution in [0.25, 0.3) is 0 Å². The highest BCUT2D eigenvalue weighted by atomic mass is 19.4. The van der Waals surface area contributed by atoms with E-state index >= 15 is 0 Å². The average Bonchev–Trinajstić information content (AvgIpc) is 2.16. The topological polar surface area (TPSA) is 30.5 Å². The van der Waals surface area contributed by atoms with Gasteiger partial charge in [0.1, 0.15) is 0 Å². The molecule has 0 bridgehead atoms. The van der Waals surface area contributed by atoms with Gasteiger partial charge in [-0.15, -0.1) is 13.2 Å². The van der Waals surface area contributed by atoms with Crippen molar-refractivity contribution in [3.8, 4) is 0 Å². The zero-order valence-electron chi connectivity index (χ0n) is 9.40. The van der Waals surface area contributed by atoms with E-state index in [-0.39, 0.29) is 18.6 Å². The Morgan fingerprint density at radius 1 is 1.31 bits per heavy atom. The summed E-state index contributed by atoms with van der Waals surface area (Å²) in [6, 6.07) is 0. The van der Waals surface area contributed by atoms with Gasteiger partial charge in [0.15, 0.2) is 0 Å². The predicted molar refractivity (Wildman–Crippen MR) is 53.0 cm³/mol. The Balaban J connectivity index is 2.06. The number of rotatable bonds is 5. The van der Waals surface area contributed by atoms with Crippen molar-refractivity contribution in [3.63, 3.8) is 0 Å². The summed E-state index contributed by atoms with van der Waals surface area (Å²) >= 11 is 0. The first-order chi connectivity index (χ1) is 7.41. The van der Waals surface area contributed by atoms with Crippen molar-refractivity contribution in [3.05, 3.63) is 0 Å². The van der Waals surface area contributed by atoms with E-state index in [9.17, 15) is 13.2 Å². The summed E-state index contributed by atoms with van der Waals surface area (Å²) in [5.41, 5.74) is 0.135. The molecule has 0 aliphatic carbocycles. The second kappa shape index (κ2) is 5.84. The predicted octanol–water partition coefficient (Wildman–Crippen LogP) is 1.93. The van der Waals surface area contributed by atoms with Crippen LogP contribution in [0.3, 0.4) is 0 Å². The minimum atomic E-state index is -4.52. The Hall–Kier alpha value is -0.330. The molecule has 0 atom stereocenters. The average molecular weight is 241 g/mol. The summed E-state index contributed by atoms with van der Waals surface area (Å²) in [4.78, 5) is 0. The van der Waals surface area contributed by atoms with E-state index in [0.29, 0.717) is 6.54 Å². The summed E-state index contributed by atoms with van der Waals surface area (Å²) in [5.74, 6) is 0. The molecule has 96 valence electrons. The molecular weight excluding hydrogens is 223 g/mol. The van der Waals surface area contributed by atoms with Crippen LogP contribution in [0.2, 0.25) is 0 Å². The highest BCUT2D eigenvalue weighted by Gasteiger charge is 2.29. The summed E-state index contributed by atoms with van der Waals surface area (Å²) in [6.07, 6.45) is -2.63. The summed E-state index contributed by atoms with van der Waals surface area (Å²) in [7, 11) is 0. The van der Waals surface area contributed by atoms with Gasteiger partial charge in [-0.05, 0) is 18.3 Å². The van der Waals surface area contributed by atoms with Gasteiger partial charge >= 0.3 is 6.36 Å². The third-order valence-electron chi connectivity index (χ3n) is 2.80. The van der Waals surface area contributed by atoms with Gasteiger partial charge < -0.3 is 10.1 Å². The van der Waals surface area contributed by atoms with Crippen LogP contribution in [0, 0.1) is 5.41 Å². The highest BCUT2D eigenvalue weighted by molar-refractivity contribution is 4.79. The van der Waals surface area contributed by atoms with Crippen LogP contribution in [0.4, 0.5) is 13.2 Å². The Morgan fingerprint density at radius 3 is 2.50 bits per heavy atom. The molecule has 0 spiro atoms. The van der Waals surface area contributed by atoms with Crippen molar-refractivity contribution in [2.75, 3.05) is 32.9 Å². The molecule has 0 aromatic rings. The van der Waals surface area contributed by atoms with Gasteiger partial charge in [-0.3, -0.25) is 4.74 Å². The molecule has 0 unspecified atom stereocenters. The van der Waals surface area contributed by atoms with E-state index in [2.05, 4.69) is 17.0 Å². The van der Waals surface area contributed by atoms with E-state index in [1.807, 2.05) is 0 Å². The van der Waals surface area contributed by atoms with Gasteiger partial charge in [0.05, 0.1) is 6.61 Å². The van der Waals surface area contributed by atoms with Crippen LogP contribution >= 0.6 is 0 Å². The van der Waals surface area contributed by atoms with Gasteiger partial charge in [0, 0.05) is 26.3 Å². The first-order valence-corrected chi connectivity index (χ1v) is 5.40. The molecule has 3 nitrogen and oxygen atoms in total. The summed E-state index contributed by atoms with van der Waals surface area (Å²) < 4.78 is 43.8. The molecule has 0 aromatic heterocycles. The number of alkyl halides is 3. The smallest absolute Gasteiger partial charge is 0.381 e. The summed E-state index contributed by atoms with van der Waals surface area (Å²) in [5, 5.41) is 2.99. The van der Waals surface area contributed by atoms with Gasteiger partial charge in [-0.25, -0.2) is 0 Å². The SMILES string of the molecule is CC1(CNCCOC(F)(F)F)CCOCC1. The molecule has 1 fully saturated rings. The lowest BCUT2D eigenvalue weighted by atomic mass is 9.82. The van der Waals surface area contributed by atoms with Crippen LogP contribution in [-0.4, -0.2) is 39.3 Å². The fraction of sp³-hybridized carbons (Fsp3) is 1.00. The number of nitrogens with one attached hydrogen (secondary N) is 1. The third-order valence-corrected chi connectivity index (χ3v) is 2.80. The molecular formula is C10H18F3NO2.